The van der Waals surface area contributed by atoms with Gasteiger partial charge >= 0.3 is 0 Å². The number of benzene rings is 2. The van der Waals surface area contributed by atoms with Crippen molar-refractivity contribution in [3.05, 3.63) is 77.1 Å². The summed E-state index contributed by atoms with van der Waals surface area (Å²) >= 11 is 6.07. The van der Waals surface area contributed by atoms with Crippen LogP contribution in [0.3, 0.4) is 0 Å². The van der Waals surface area contributed by atoms with Crippen LogP contribution in [0, 0.1) is 0 Å². The molecule has 2 aromatic carbocycles. The fraction of sp³-hybridized carbons (Fsp3) is 0.130. The van der Waals surface area contributed by atoms with Gasteiger partial charge in [0.05, 0.1) is 17.9 Å². The van der Waals surface area contributed by atoms with Gasteiger partial charge in [-0.05, 0) is 53.7 Å². The van der Waals surface area contributed by atoms with Gasteiger partial charge in [-0.1, -0.05) is 35.0 Å². The molecule has 4 rings (SSSR count). The van der Waals surface area contributed by atoms with E-state index >= 15 is 0 Å². The van der Waals surface area contributed by atoms with E-state index in [4.69, 9.17) is 17.3 Å². The van der Waals surface area contributed by atoms with Crippen LogP contribution in [-0.4, -0.2) is 25.9 Å². The maximum Gasteiger partial charge on any atom is 0.252 e. The van der Waals surface area contributed by atoms with Gasteiger partial charge in [0.15, 0.2) is 0 Å². The van der Waals surface area contributed by atoms with Crippen LogP contribution in [0.5, 0.6) is 0 Å². The number of nitrogens with two attached hydrogens (primary N) is 1. The molecule has 32 heavy (non-hydrogen) atoms. The van der Waals surface area contributed by atoms with Crippen LogP contribution < -0.4 is 16.4 Å². The Bertz CT molecular complexity index is 1310. The molecular formula is C23H22ClN6OP. The molecule has 1 amide bonds. The van der Waals surface area contributed by atoms with Crippen molar-refractivity contribution in [1.82, 2.24) is 25.3 Å². The second kappa shape index (κ2) is 9.07. The zero-order valence-corrected chi connectivity index (χ0v) is 19.5. The first-order valence-electron chi connectivity index (χ1n) is 9.90. The maximum atomic E-state index is 12.9. The number of carbonyl (C=O) groups is 1. The van der Waals surface area contributed by atoms with E-state index in [2.05, 4.69) is 29.9 Å². The van der Waals surface area contributed by atoms with Crippen molar-refractivity contribution in [3.63, 3.8) is 0 Å². The van der Waals surface area contributed by atoms with Gasteiger partial charge in [0.2, 0.25) is 0 Å². The van der Waals surface area contributed by atoms with E-state index in [0.29, 0.717) is 16.4 Å². The molecule has 0 bridgehead atoms. The highest BCUT2D eigenvalue weighted by Gasteiger charge is 2.16. The highest BCUT2D eigenvalue weighted by molar-refractivity contribution is 7.27. The second-order valence-corrected chi connectivity index (χ2v) is 8.51. The number of nitrogens with zero attached hydrogens (tertiary/aromatic N) is 4. The molecule has 1 unspecified atom stereocenters. The number of pyridine rings is 1. The van der Waals surface area contributed by atoms with Crippen molar-refractivity contribution in [1.29, 1.82) is 0 Å². The van der Waals surface area contributed by atoms with Gasteiger partial charge in [-0.25, -0.2) is 9.67 Å². The van der Waals surface area contributed by atoms with Crippen LogP contribution in [0.25, 0.3) is 22.4 Å². The molecule has 0 aliphatic heterocycles. The van der Waals surface area contributed by atoms with Crippen molar-refractivity contribution in [2.45, 2.75) is 13.0 Å². The van der Waals surface area contributed by atoms with Crippen molar-refractivity contribution in [3.8, 4) is 22.4 Å². The molecule has 2 atom stereocenters. The van der Waals surface area contributed by atoms with Gasteiger partial charge in [-0.2, -0.15) is 0 Å². The Morgan fingerprint density at radius 3 is 2.66 bits per heavy atom. The summed E-state index contributed by atoms with van der Waals surface area (Å²) in [6.45, 7) is 1.92. The molecule has 0 fully saturated rings. The Kier molecular flexibility index (Phi) is 6.21. The first-order valence-corrected chi connectivity index (χ1v) is 10.9. The predicted molar refractivity (Wildman–Crippen MR) is 131 cm³/mol. The quantitative estimate of drug-likeness (QED) is 0.438. The number of aromatic nitrogens is 4. The Hall–Kier alpha value is -3.28. The number of nitrogen functional groups attached to an aromatic ring is 1. The zero-order valence-electron chi connectivity index (χ0n) is 17.6. The molecule has 0 aliphatic rings. The minimum Gasteiger partial charge on any atom is -0.383 e. The molecule has 9 heteroatoms. The summed E-state index contributed by atoms with van der Waals surface area (Å²) in [5.41, 5.74) is 11.0. The van der Waals surface area contributed by atoms with E-state index in [9.17, 15) is 4.79 Å². The standard InChI is InChI=1S/C23H22ClN6OP/c1-13(14-4-3-5-17(24)8-14)28-23(31)18-7-6-15(10-21(18)32)19-9-16(11-26-22(19)25)20-12-27-29-30(20)2/h3-13H,32H2,1-2H3,(H2,25,26)(H,28,31)/t13-/m1/s1. The molecular weight excluding hydrogens is 443 g/mol. The van der Waals surface area contributed by atoms with Gasteiger partial charge in [0.25, 0.3) is 5.91 Å². The van der Waals surface area contributed by atoms with Crippen LogP contribution in [0.1, 0.15) is 28.9 Å². The summed E-state index contributed by atoms with van der Waals surface area (Å²) in [7, 11) is 4.44. The number of halogens is 1. The smallest absolute Gasteiger partial charge is 0.252 e. The number of hydrogen-bond acceptors (Lipinski definition) is 5. The molecule has 0 saturated carbocycles. The first kappa shape index (κ1) is 21.9. The lowest BCUT2D eigenvalue weighted by molar-refractivity contribution is 0.0941. The Morgan fingerprint density at radius 2 is 1.97 bits per heavy atom. The summed E-state index contributed by atoms with van der Waals surface area (Å²) in [6, 6.07) is 14.8. The second-order valence-electron chi connectivity index (χ2n) is 7.45. The lowest BCUT2D eigenvalue weighted by atomic mass is 10.0. The molecule has 4 aromatic rings. The molecule has 0 saturated heterocycles. The lowest BCUT2D eigenvalue weighted by Crippen LogP contribution is -2.29. The highest BCUT2D eigenvalue weighted by atomic mass is 35.5. The minimum absolute atomic E-state index is 0.171. The fourth-order valence-electron chi connectivity index (χ4n) is 3.47. The van der Waals surface area contributed by atoms with Crippen LogP contribution in [0.4, 0.5) is 5.82 Å². The van der Waals surface area contributed by atoms with E-state index in [0.717, 1.165) is 33.3 Å². The number of hydrogen-bond donors (Lipinski definition) is 2. The summed E-state index contributed by atoms with van der Waals surface area (Å²) in [6.07, 6.45) is 3.37. The van der Waals surface area contributed by atoms with Crippen LogP contribution in [-0.2, 0) is 7.05 Å². The number of carbonyl (C=O) groups excluding carboxylic acids is 1. The molecule has 2 heterocycles. The topological polar surface area (TPSA) is 98.7 Å². The van der Waals surface area contributed by atoms with Gasteiger partial charge in [0, 0.05) is 35.0 Å². The number of anilines is 1. The van der Waals surface area contributed by atoms with E-state index in [1.165, 1.54) is 0 Å². The van der Waals surface area contributed by atoms with Crippen molar-refractivity contribution in [2.75, 3.05) is 5.73 Å². The Morgan fingerprint density at radius 1 is 1.16 bits per heavy atom. The van der Waals surface area contributed by atoms with Gasteiger partial charge in [-0.15, -0.1) is 14.3 Å². The molecule has 0 aliphatic carbocycles. The normalized spacial score (nSPS) is 11.9. The molecule has 2 aromatic heterocycles. The maximum absolute atomic E-state index is 12.9. The van der Waals surface area contributed by atoms with Crippen molar-refractivity contribution in [2.24, 2.45) is 7.05 Å². The molecule has 3 N–H and O–H groups in total. The highest BCUT2D eigenvalue weighted by Crippen LogP contribution is 2.29. The van der Waals surface area contributed by atoms with Gasteiger partial charge < -0.3 is 11.1 Å². The minimum atomic E-state index is -0.186. The van der Waals surface area contributed by atoms with Crippen LogP contribution in [0.15, 0.2) is 60.9 Å². The fourth-order valence-corrected chi connectivity index (χ4v) is 4.07. The molecule has 0 spiro atoms. The molecule has 7 nitrogen and oxygen atoms in total. The summed E-state index contributed by atoms with van der Waals surface area (Å²) < 4.78 is 1.67. The Labute approximate surface area is 193 Å². The largest absolute Gasteiger partial charge is 0.383 e. The van der Waals surface area contributed by atoms with Crippen molar-refractivity contribution >= 4 is 37.9 Å². The SMILES string of the molecule is C[C@@H](NC(=O)c1ccc(-c2cc(-c3cnnn3C)cnc2N)cc1P)c1cccc(Cl)c1. The number of amides is 1. The average molecular weight is 465 g/mol. The van der Waals surface area contributed by atoms with Gasteiger partial charge in [-0.3, -0.25) is 4.79 Å². The molecule has 0 radical (unpaired) electrons. The lowest BCUT2D eigenvalue weighted by Gasteiger charge is -2.16. The number of nitrogens with one attached hydrogen (secondary N) is 1. The summed E-state index contributed by atoms with van der Waals surface area (Å²) in [5.74, 6) is 0.231. The third-order valence-electron chi connectivity index (χ3n) is 5.23. The Balaban J connectivity index is 1.60. The van der Waals surface area contributed by atoms with E-state index < -0.39 is 0 Å². The number of aryl methyl sites for hydroxylation is 1. The predicted octanol–water partition coefficient (Wildman–Crippen LogP) is 3.77. The first-order chi connectivity index (χ1) is 15.3. The third kappa shape index (κ3) is 4.49. The summed E-state index contributed by atoms with van der Waals surface area (Å²) in [4.78, 5) is 17.2. The average Bonchev–Trinajstić information content (AvgIpc) is 3.19. The number of rotatable bonds is 5. The molecule has 162 valence electrons. The van der Waals surface area contributed by atoms with E-state index in [1.807, 2.05) is 50.4 Å². The van der Waals surface area contributed by atoms with Crippen molar-refractivity contribution < 1.29 is 4.79 Å². The monoisotopic (exact) mass is 464 g/mol. The van der Waals surface area contributed by atoms with Crippen LogP contribution in [0.2, 0.25) is 5.02 Å². The summed E-state index contributed by atoms with van der Waals surface area (Å²) in [5, 5.41) is 12.3. The van der Waals surface area contributed by atoms with E-state index in [1.54, 1.807) is 29.2 Å². The third-order valence-corrected chi connectivity index (χ3v) is 5.94. The van der Waals surface area contributed by atoms with Crippen LogP contribution >= 0.6 is 20.8 Å². The zero-order chi connectivity index (χ0) is 22.8. The van der Waals surface area contributed by atoms with Gasteiger partial charge in [0.1, 0.15) is 5.82 Å². The van der Waals surface area contributed by atoms with E-state index in [-0.39, 0.29) is 11.9 Å².